The predicted molar refractivity (Wildman–Crippen MR) is 81.2 cm³/mol. The average molecular weight is 273 g/mol. The fraction of sp³-hybridized carbons (Fsp3) is 0.438. The molecule has 0 bridgehead atoms. The van der Waals surface area contributed by atoms with Gasteiger partial charge in [0.25, 0.3) is 0 Å². The van der Waals surface area contributed by atoms with Crippen molar-refractivity contribution < 1.29 is 4.74 Å². The molecule has 0 fully saturated rings. The van der Waals surface area contributed by atoms with Crippen LogP contribution in [0.4, 0.5) is 0 Å². The Morgan fingerprint density at radius 2 is 2.05 bits per heavy atom. The number of nitrogens with one attached hydrogen (secondary N) is 1. The zero-order valence-electron chi connectivity index (χ0n) is 12.7. The van der Waals surface area contributed by atoms with E-state index in [2.05, 4.69) is 43.3 Å². The van der Waals surface area contributed by atoms with Crippen LogP contribution >= 0.6 is 0 Å². The number of methoxy groups -OCH3 is 1. The summed E-state index contributed by atoms with van der Waals surface area (Å²) in [5.41, 5.74) is 4.85. The summed E-state index contributed by atoms with van der Waals surface area (Å²) in [5, 5.41) is 7.83. The van der Waals surface area contributed by atoms with E-state index in [1.807, 2.05) is 16.9 Å². The lowest BCUT2D eigenvalue weighted by atomic mass is 10.1. The first-order chi connectivity index (χ1) is 9.65. The second-order valence-corrected chi connectivity index (χ2v) is 5.01. The van der Waals surface area contributed by atoms with E-state index in [0.717, 1.165) is 30.9 Å². The second-order valence-electron chi connectivity index (χ2n) is 5.01. The number of rotatable bonds is 6. The normalized spacial score (nSPS) is 10.8. The van der Waals surface area contributed by atoms with Crippen molar-refractivity contribution in [3.63, 3.8) is 0 Å². The molecule has 1 N–H and O–H groups in total. The first-order valence-corrected chi connectivity index (χ1v) is 7.01. The molecule has 0 atom stereocenters. The minimum Gasteiger partial charge on any atom is -0.496 e. The van der Waals surface area contributed by atoms with Crippen LogP contribution in [0.1, 0.15) is 29.3 Å². The quantitative estimate of drug-likeness (QED) is 0.879. The van der Waals surface area contributed by atoms with Crippen LogP contribution in [0, 0.1) is 13.8 Å². The van der Waals surface area contributed by atoms with Crippen molar-refractivity contribution in [2.24, 2.45) is 0 Å². The molecule has 0 saturated heterocycles. The number of aryl methyl sites for hydroxylation is 1. The van der Waals surface area contributed by atoms with Gasteiger partial charge < -0.3 is 10.1 Å². The van der Waals surface area contributed by atoms with Gasteiger partial charge >= 0.3 is 0 Å². The molecule has 2 aromatic rings. The molecule has 4 heteroatoms. The van der Waals surface area contributed by atoms with Crippen LogP contribution in [0.2, 0.25) is 0 Å². The lowest BCUT2D eigenvalue weighted by Crippen LogP contribution is -2.13. The van der Waals surface area contributed by atoms with Crippen LogP contribution in [-0.4, -0.2) is 23.4 Å². The van der Waals surface area contributed by atoms with Gasteiger partial charge in [0, 0.05) is 23.4 Å². The van der Waals surface area contributed by atoms with Crippen LogP contribution in [0.5, 0.6) is 5.75 Å². The topological polar surface area (TPSA) is 39.1 Å². The van der Waals surface area contributed by atoms with Gasteiger partial charge in [-0.15, -0.1) is 0 Å². The van der Waals surface area contributed by atoms with E-state index in [0.29, 0.717) is 0 Å². The Labute approximate surface area is 120 Å². The number of nitrogens with zero attached hydrogens (tertiary/aromatic N) is 2. The largest absolute Gasteiger partial charge is 0.496 e. The predicted octanol–water partition coefficient (Wildman–Crippen LogP) is 2.67. The number of ether oxygens (including phenoxy) is 1. The highest BCUT2D eigenvalue weighted by Gasteiger charge is 2.09. The third-order valence-electron chi connectivity index (χ3n) is 3.53. The van der Waals surface area contributed by atoms with Gasteiger partial charge in [-0.25, -0.2) is 0 Å². The third-order valence-corrected chi connectivity index (χ3v) is 3.53. The molecule has 0 aliphatic heterocycles. The lowest BCUT2D eigenvalue weighted by Gasteiger charge is -2.11. The molecule has 0 aliphatic carbocycles. The van der Waals surface area contributed by atoms with Gasteiger partial charge in [0.1, 0.15) is 5.75 Å². The minimum absolute atomic E-state index is 0.739. The van der Waals surface area contributed by atoms with E-state index in [1.165, 1.54) is 16.8 Å². The Kier molecular flexibility index (Phi) is 4.79. The highest BCUT2D eigenvalue weighted by atomic mass is 16.5. The highest BCUT2D eigenvalue weighted by Crippen LogP contribution is 2.21. The van der Waals surface area contributed by atoms with Crippen molar-refractivity contribution >= 4 is 0 Å². The Morgan fingerprint density at radius 3 is 2.75 bits per heavy atom. The number of aromatic nitrogens is 2. The molecule has 0 spiro atoms. The lowest BCUT2D eigenvalue weighted by molar-refractivity contribution is 0.407. The van der Waals surface area contributed by atoms with Gasteiger partial charge in [0.05, 0.1) is 19.9 Å². The molecule has 0 saturated carbocycles. The maximum atomic E-state index is 5.43. The summed E-state index contributed by atoms with van der Waals surface area (Å²) in [4.78, 5) is 0. The Hall–Kier alpha value is -1.81. The van der Waals surface area contributed by atoms with Crippen molar-refractivity contribution in [3.05, 3.63) is 46.8 Å². The summed E-state index contributed by atoms with van der Waals surface area (Å²) in [5.74, 6) is 0.915. The number of hydrogen-bond acceptors (Lipinski definition) is 3. The molecule has 0 radical (unpaired) electrons. The summed E-state index contributed by atoms with van der Waals surface area (Å²) in [6, 6.07) is 6.24. The van der Waals surface area contributed by atoms with E-state index in [-0.39, 0.29) is 0 Å². The standard InChI is InChI=1S/C16H23N3O/c1-5-17-9-15-10-18-19(13(15)3)11-14-8-12(2)6-7-16(14)20-4/h6-8,10,17H,5,9,11H2,1-4H3. The smallest absolute Gasteiger partial charge is 0.123 e. The van der Waals surface area contributed by atoms with E-state index in [1.54, 1.807) is 7.11 Å². The molecular weight excluding hydrogens is 250 g/mol. The molecule has 1 aromatic heterocycles. The summed E-state index contributed by atoms with van der Waals surface area (Å²) in [6.07, 6.45) is 1.94. The molecule has 108 valence electrons. The maximum absolute atomic E-state index is 5.43. The maximum Gasteiger partial charge on any atom is 0.123 e. The van der Waals surface area contributed by atoms with Crippen LogP contribution in [0.15, 0.2) is 24.4 Å². The Balaban J connectivity index is 2.22. The average Bonchev–Trinajstić information content (AvgIpc) is 2.78. The first kappa shape index (κ1) is 14.6. The van der Waals surface area contributed by atoms with Crippen molar-refractivity contribution in [2.45, 2.75) is 33.9 Å². The molecule has 0 aliphatic rings. The molecule has 1 heterocycles. The van der Waals surface area contributed by atoms with Gasteiger partial charge in [-0.05, 0) is 26.5 Å². The molecule has 0 amide bonds. The first-order valence-electron chi connectivity index (χ1n) is 7.01. The molecule has 4 nitrogen and oxygen atoms in total. The van der Waals surface area contributed by atoms with Crippen LogP contribution in [0.25, 0.3) is 0 Å². The summed E-state index contributed by atoms with van der Waals surface area (Å²) in [7, 11) is 1.71. The number of hydrogen-bond donors (Lipinski definition) is 1. The molecule has 1 aromatic carbocycles. The van der Waals surface area contributed by atoms with Crippen LogP contribution < -0.4 is 10.1 Å². The van der Waals surface area contributed by atoms with Gasteiger partial charge in [-0.1, -0.05) is 24.6 Å². The van der Waals surface area contributed by atoms with E-state index < -0.39 is 0 Å². The second kappa shape index (κ2) is 6.57. The zero-order valence-corrected chi connectivity index (χ0v) is 12.7. The number of benzene rings is 1. The molecule has 20 heavy (non-hydrogen) atoms. The molecule has 0 unspecified atom stereocenters. The van der Waals surface area contributed by atoms with Crippen LogP contribution in [0.3, 0.4) is 0 Å². The fourth-order valence-electron chi connectivity index (χ4n) is 2.27. The Morgan fingerprint density at radius 1 is 1.25 bits per heavy atom. The summed E-state index contributed by atoms with van der Waals surface area (Å²) < 4.78 is 7.46. The monoisotopic (exact) mass is 273 g/mol. The van der Waals surface area contributed by atoms with Crippen molar-refractivity contribution in [3.8, 4) is 5.75 Å². The zero-order chi connectivity index (χ0) is 14.5. The third kappa shape index (κ3) is 3.20. The van der Waals surface area contributed by atoms with Gasteiger partial charge in [-0.3, -0.25) is 4.68 Å². The molecule has 2 rings (SSSR count). The summed E-state index contributed by atoms with van der Waals surface area (Å²) >= 11 is 0. The van der Waals surface area contributed by atoms with Gasteiger partial charge in [-0.2, -0.15) is 5.10 Å². The highest BCUT2D eigenvalue weighted by molar-refractivity contribution is 5.37. The van der Waals surface area contributed by atoms with Gasteiger partial charge in [0.15, 0.2) is 0 Å². The van der Waals surface area contributed by atoms with E-state index >= 15 is 0 Å². The van der Waals surface area contributed by atoms with Crippen molar-refractivity contribution in [2.75, 3.05) is 13.7 Å². The summed E-state index contributed by atoms with van der Waals surface area (Å²) in [6.45, 7) is 8.89. The van der Waals surface area contributed by atoms with Gasteiger partial charge in [0.2, 0.25) is 0 Å². The van der Waals surface area contributed by atoms with E-state index in [9.17, 15) is 0 Å². The van der Waals surface area contributed by atoms with Crippen LogP contribution in [-0.2, 0) is 13.1 Å². The molecular formula is C16H23N3O. The fourth-order valence-corrected chi connectivity index (χ4v) is 2.27. The minimum atomic E-state index is 0.739. The van der Waals surface area contributed by atoms with Crippen molar-refractivity contribution in [1.29, 1.82) is 0 Å². The van der Waals surface area contributed by atoms with Crippen molar-refractivity contribution in [1.82, 2.24) is 15.1 Å². The SMILES string of the molecule is CCNCc1cnn(Cc2cc(C)ccc2OC)c1C. The van der Waals surface area contributed by atoms with E-state index in [4.69, 9.17) is 4.74 Å². The Bertz CT molecular complexity index is 575.